The van der Waals surface area contributed by atoms with Crippen molar-refractivity contribution in [3.8, 4) is 6.07 Å². The van der Waals surface area contributed by atoms with E-state index in [0.29, 0.717) is 11.5 Å². The van der Waals surface area contributed by atoms with Gasteiger partial charge in [-0.2, -0.15) is 18.4 Å². The van der Waals surface area contributed by atoms with E-state index in [2.05, 4.69) is 10.3 Å². The molecule has 0 radical (unpaired) electrons. The van der Waals surface area contributed by atoms with E-state index < -0.39 is 11.7 Å². The molecule has 128 valence electrons. The molecule has 0 bridgehead atoms. The zero-order chi connectivity index (χ0) is 17.9. The summed E-state index contributed by atoms with van der Waals surface area (Å²) in [4.78, 5) is 5.71. The van der Waals surface area contributed by atoms with E-state index in [1.54, 1.807) is 32.0 Å². The van der Waals surface area contributed by atoms with Crippen LogP contribution in [0.4, 0.5) is 19.1 Å². The number of oxazole rings is 1. The summed E-state index contributed by atoms with van der Waals surface area (Å²) < 4.78 is 44.0. The predicted octanol–water partition coefficient (Wildman–Crippen LogP) is 3.59. The number of hydrogen-bond donors (Lipinski definition) is 1. The molecule has 5 nitrogen and oxygen atoms in total. The quantitative estimate of drug-likeness (QED) is 0.902. The van der Waals surface area contributed by atoms with E-state index in [4.69, 9.17) is 9.68 Å². The maximum Gasteiger partial charge on any atom is 0.416 e. The molecule has 1 N–H and O–H groups in total. The number of benzene rings is 1. The third-order valence-electron chi connectivity index (χ3n) is 3.52. The van der Waals surface area contributed by atoms with Crippen molar-refractivity contribution in [2.24, 2.45) is 0 Å². The molecule has 1 atom stereocenters. The van der Waals surface area contributed by atoms with Gasteiger partial charge in [0.1, 0.15) is 6.07 Å². The number of aromatic nitrogens is 1. The van der Waals surface area contributed by atoms with Crippen molar-refractivity contribution in [2.45, 2.75) is 19.1 Å². The minimum atomic E-state index is -4.39. The van der Waals surface area contributed by atoms with E-state index in [9.17, 15) is 13.2 Å². The van der Waals surface area contributed by atoms with Crippen LogP contribution in [0.25, 0.3) is 0 Å². The summed E-state index contributed by atoms with van der Waals surface area (Å²) in [6.07, 6.45) is -4.39. The largest absolute Gasteiger partial charge is 0.424 e. The van der Waals surface area contributed by atoms with E-state index >= 15 is 0 Å². The Hall–Kier alpha value is -2.53. The number of anilines is 1. The summed E-state index contributed by atoms with van der Waals surface area (Å²) in [5.74, 6) is 0.559. The van der Waals surface area contributed by atoms with Gasteiger partial charge in [0.25, 0.3) is 0 Å². The van der Waals surface area contributed by atoms with Crippen LogP contribution in [-0.4, -0.2) is 30.5 Å². The van der Waals surface area contributed by atoms with Gasteiger partial charge in [0.15, 0.2) is 5.89 Å². The highest BCUT2D eigenvalue weighted by Gasteiger charge is 2.31. The summed E-state index contributed by atoms with van der Waals surface area (Å²) in [6, 6.07) is 6.75. The normalized spacial score (nSPS) is 12.9. The average molecular weight is 338 g/mol. The zero-order valence-corrected chi connectivity index (χ0v) is 13.5. The van der Waals surface area contributed by atoms with Gasteiger partial charge in [0.2, 0.25) is 11.6 Å². The summed E-state index contributed by atoms with van der Waals surface area (Å²) in [7, 11) is 3.53. The summed E-state index contributed by atoms with van der Waals surface area (Å²) >= 11 is 0. The summed E-state index contributed by atoms with van der Waals surface area (Å²) in [5, 5.41) is 11.9. The zero-order valence-electron chi connectivity index (χ0n) is 13.5. The molecule has 24 heavy (non-hydrogen) atoms. The lowest BCUT2D eigenvalue weighted by molar-refractivity contribution is -0.137. The first kappa shape index (κ1) is 17.8. The van der Waals surface area contributed by atoms with Crippen LogP contribution in [-0.2, 0) is 6.18 Å². The van der Waals surface area contributed by atoms with Crippen molar-refractivity contribution >= 4 is 5.88 Å². The van der Waals surface area contributed by atoms with Crippen LogP contribution in [0, 0.1) is 18.3 Å². The Morgan fingerprint density at radius 2 is 2.08 bits per heavy atom. The number of halogens is 3. The van der Waals surface area contributed by atoms with Crippen LogP contribution in [0.5, 0.6) is 0 Å². The topological polar surface area (TPSA) is 65.1 Å². The fourth-order valence-electron chi connectivity index (χ4n) is 2.33. The second-order valence-electron chi connectivity index (χ2n) is 5.51. The van der Waals surface area contributed by atoms with Gasteiger partial charge in [-0.1, -0.05) is 12.1 Å². The van der Waals surface area contributed by atoms with Gasteiger partial charge in [0.05, 0.1) is 11.6 Å². The molecule has 0 aliphatic heterocycles. The summed E-state index contributed by atoms with van der Waals surface area (Å²) in [6.45, 7) is 1.87. The molecule has 0 amide bonds. The predicted molar refractivity (Wildman–Crippen MR) is 82.3 cm³/mol. The fraction of sp³-hybridized carbons (Fsp3) is 0.375. The number of nitrogens with one attached hydrogen (secondary N) is 1. The second-order valence-corrected chi connectivity index (χ2v) is 5.51. The SMILES string of the molecule is Cc1nc(C#N)c(NCC(c2cccc(C(F)(F)F)c2)N(C)C)o1. The number of nitriles is 1. The molecule has 0 saturated carbocycles. The number of likely N-dealkylation sites (N-methyl/N-ethyl adjacent to an activating group) is 1. The van der Waals surface area contributed by atoms with Crippen LogP contribution in [0.2, 0.25) is 0 Å². The highest BCUT2D eigenvalue weighted by Crippen LogP contribution is 2.31. The van der Waals surface area contributed by atoms with Gasteiger partial charge < -0.3 is 14.6 Å². The minimum Gasteiger partial charge on any atom is -0.424 e. The van der Waals surface area contributed by atoms with E-state index in [0.717, 1.165) is 12.1 Å². The van der Waals surface area contributed by atoms with Gasteiger partial charge >= 0.3 is 6.18 Å². The van der Waals surface area contributed by atoms with Crippen molar-refractivity contribution in [1.29, 1.82) is 5.26 Å². The first-order chi connectivity index (χ1) is 11.2. The Morgan fingerprint density at radius 1 is 1.38 bits per heavy atom. The smallest absolute Gasteiger partial charge is 0.416 e. The maximum absolute atomic E-state index is 12.9. The van der Waals surface area contributed by atoms with Crippen LogP contribution < -0.4 is 5.32 Å². The highest BCUT2D eigenvalue weighted by atomic mass is 19.4. The van der Waals surface area contributed by atoms with Gasteiger partial charge in [-0.05, 0) is 31.8 Å². The number of hydrogen-bond acceptors (Lipinski definition) is 5. The lowest BCUT2D eigenvalue weighted by Gasteiger charge is -2.25. The van der Waals surface area contributed by atoms with Crippen LogP contribution >= 0.6 is 0 Å². The van der Waals surface area contributed by atoms with Gasteiger partial charge in [-0.3, -0.25) is 0 Å². The highest BCUT2D eigenvalue weighted by molar-refractivity contribution is 5.45. The molecular formula is C16H17F3N4O. The van der Waals surface area contributed by atoms with Crippen molar-refractivity contribution < 1.29 is 17.6 Å². The van der Waals surface area contributed by atoms with E-state index in [-0.39, 0.29) is 24.2 Å². The molecule has 1 aromatic carbocycles. The number of alkyl halides is 3. The first-order valence-electron chi connectivity index (χ1n) is 7.17. The van der Waals surface area contributed by atoms with Crippen molar-refractivity contribution in [3.05, 3.63) is 47.0 Å². The Kier molecular flexibility index (Phi) is 5.14. The minimum absolute atomic E-state index is 0.119. The average Bonchev–Trinajstić information content (AvgIpc) is 2.86. The number of nitrogens with zero attached hydrogens (tertiary/aromatic N) is 3. The number of rotatable bonds is 5. The van der Waals surface area contributed by atoms with Crippen LogP contribution in [0.1, 0.15) is 28.8 Å². The van der Waals surface area contributed by atoms with Crippen LogP contribution in [0.3, 0.4) is 0 Å². The Labute approximate surface area is 137 Å². The van der Waals surface area contributed by atoms with Crippen molar-refractivity contribution in [2.75, 3.05) is 26.0 Å². The molecule has 1 unspecified atom stereocenters. The van der Waals surface area contributed by atoms with Crippen molar-refractivity contribution in [3.63, 3.8) is 0 Å². The first-order valence-corrected chi connectivity index (χ1v) is 7.17. The third kappa shape index (κ3) is 4.06. The Morgan fingerprint density at radius 3 is 2.67 bits per heavy atom. The molecule has 0 spiro atoms. The molecule has 2 aromatic rings. The number of aryl methyl sites for hydroxylation is 1. The molecule has 8 heteroatoms. The molecule has 1 heterocycles. The fourth-order valence-corrected chi connectivity index (χ4v) is 2.33. The van der Waals surface area contributed by atoms with Crippen molar-refractivity contribution in [1.82, 2.24) is 9.88 Å². The van der Waals surface area contributed by atoms with Gasteiger partial charge in [-0.25, -0.2) is 4.98 Å². The molecule has 2 rings (SSSR count). The lowest BCUT2D eigenvalue weighted by atomic mass is 10.0. The standard InChI is InChI=1S/C16H17F3N4O/c1-10-22-13(8-20)15(24-10)21-9-14(23(2)3)11-5-4-6-12(7-11)16(17,18)19/h4-7,14,21H,9H2,1-3H3. The molecule has 0 aliphatic carbocycles. The van der Waals surface area contributed by atoms with E-state index in [1.165, 1.54) is 6.07 Å². The maximum atomic E-state index is 12.9. The lowest BCUT2D eigenvalue weighted by Crippen LogP contribution is -2.27. The van der Waals surface area contributed by atoms with Gasteiger partial charge in [0, 0.05) is 13.5 Å². The molecule has 1 aromatic heterocycles. The second kappa shape index (κ2) is 6.93. The van der Waals surface area contributed by atoms with Gasteiger partial charge in [-0.15, -0.1) is 0 Å². The monoisotopic (exact) mass is 338 g/mol. The molecule has 0 fully saturated rings. The van der Waals surface area contributed by atoms with Crippen LogP contribution in [0.15, 0.2) is 28.7 Å². The Bertz CT molecular complexity index is 747. The molecule has 0 aliphatic rings. The molecule has 0 saturated heterocycles. The Balaban J connectivity index is 2.23. The summed E-state index contributed by atoms with van der Waals surface area (Å²) in [5.41, 5.74) is -0.0637. The third-order valence-corrected chi connectivity index (χ3v) is 3.52. The molecular weight excluding hydrogens is 321 g/mol. The van der Waals surface area contributed by atoms with E-state index in [1.807, 2.05) is 6.07 Å².